The van der Waals surface area contributed by atoms with E-state index in [1.165, 1.54) is 11.3 Å². The summed E-state index contributed by atoms with van der Waals surface area (Å²) in [6.07, 6.45) is 7.22. The summed E-state index contributed by atoms with van der Waals surface area (Å²) in [6, 6.07) is 6.75. The van der Waals surface area contributed by atoms with Crippen LogP contribution in [0.5, 0.6) is 5.75 Å². The van der Waals surface area contributed by atoms with Gasteiger partial charge >= 0.3 is 0 Å². The first kappa shape index (κ1) is 24.3. The van der Waals surface area contributed by atoms with E-state index in [2.05, 4.69) is 58.9 Å². The summed E-state index contributed by atoms with van der Waals surface area (Å²) in [5.74, 6) is 1.83. The van der Waals surface area contributed by atoms with Gasteiger partial charge in [0.2, 0.25) is 0 Å². The van der Waals surface area contributed by atoms with Crippen LogP contribution in [0.25, 0.3) is 0 Å². The smallest absolute Gasteiger partial charge is 0.191 e. The van der Waals surface area contributed by atoms with Crippen molar-refractivity contribution in [1.29, 1.82) is 0 Å². The largest absolute Gasteiger partial charge is 0.496 e. The van der Waals surface area contributed by atoms with Gasteiger partial charge in [0.15, 0.2) is 5.96 Å². The maximum absolute atomic E-state index is 5.43. The van der Waals surface area contributed by atoms with Gasteiger partial charge in [0.05, 0.1) is 19.0 Å². The number of methoxy groups -OCH3 is 1. The Balaban J connectivity index is 0.00000320. The van der Waals surface area contributed by atoms with E-state index in [0.29, 0.717) is 6.04 Å². The second kappa shape index (κ2) is 12.0. The van der Waals surface area contributed by atoms with Crippen LogP contribution in [-0.4, -0.2) is 55.1 Å². The molecule has 0 spiro atoms. The number of aromatic nitrogens is 2. The highest BCUT2D eigenvalue weighted by Crippen LogP contribution is 2.20. The number of aliphatic imine (C=N–C) groups is 1. The molecule has 1 saturated heterocycles. The fourth-order valence-corrected chi connectivity index (χ4v) is 3.73. The van der Waals surface area contributed by atoms with Crippen molar-refractivity contribution in [2.24, 2.45) is 12.0 Å². The van der Waals surface area contributed by atoms with Gasteiger partial charge in [-0.3, -0.25) is 9.67 Å². The number of rotatable bonds is 7. The summed E-state index contributed by atoms with van der Waals surface area (Å²) in [4.78, 5) is 7.20. The molecule has 8 heteroatoms. The normalized spacial score (nSPS) is 16.7. The average molecular weight is 526 g/mol. The highest BCUT2D eigenvalue weighted by Gasteiger charge is 2.21. The Kier molecular flexibility index (Phi) is 9.74. The first-order valence-electron chi connectivity index (χ1n) is 10.5. The number of aryl methyl sites for hydroxylation is 2. The molecule has 0 amide bonds. The molecule has 1 aromatic heterocycles. The highest BCUT2D eigenvalue weighted by molar-refractivity contribution is 14.0. The zero-order valence-electron chi connectivity index (χ0n) is 18.5. The Morgan fingerprint density at radius 3 is 2.90 bits per heavy atom. The number of piperidine rings is 1. The molecular weight excluding hydrogens is 491 g/mol. The number of ether oxygens (including phenoxy) is 1. The van der Waals surface area contributed by atoms with Gasteiger partial charge in [0.25, 0.3) is 0 Å². The molecule has 2 N–H and O–H groups in total. The van der Waals surface area contributed by atoms with E-state index in [0.717, 1.165) is 62.7 Å². The zero-order valence-corrected chi connectivity index (χ0v) is 20.8. The fraction of sp³-hybridized carbons (Fsp3) is 0.545. The number of nitrogens with zero attached hydrogens (tertiary/aromatic N) is 4. The van der Waals surface area contributed by atoms with Gasteiger partial charge in [0.1, 0.15) is 5.75 Å². The standard InChI is InChI=1S/C22H34N6O.HI/c1-5-23-22(24-11-10-18-9-8-17(2)21(13-18)29-4)26-19-7-6-12-28(15-19)20-14-25-27(3)16-20;/h8-9,13-14,16,19H,5-7,10-12,15H2,1-4H3,(H2,23,24,26);1H. The number of hydrogen-bond donors (Lipinski definition) is 2. The van der Waals surface area contributed by atoms with Crippen LogP contribution >= 0.6 is 24.0 Å². The number of hydrogen-bond acceptors (Lipinski definition) is 4. The minimum Gasteiger partial charge on any atom is -0.496 e. The summed E-state index contributed by atoms with van der Waals surface area (Å²) in [7, 11) is 3.68. The van der Waals surface area contributed by atoms with E-state index in [1.54, 1.807) is 7.11 Å². The Morgan fingerprint density at radius 1 is 1.37 bits per heavy atom. The summed E-state index contributed by atoms with van der Waals surface area (Å²) in [6.45, 7) is 7.79. The number of guanidine groups is 1. The Morgan fingerprint density at radius 2 is 2.20 bits per heavy atom. The topological polar surface area (TPSA) is 66.7 Å². The zero-order chi connectivity index (χ0) is 20.6. The predicted molar refractivity (Wildman–Crippen MR) is 134 cm³/mol. The van der Waals surface area contributed by atoms with Gasteiger partial charge in [-0.2, -0.15) is 5.10 Å². The van der Waals surface area contributed by atoms with Crippen molar-refractivity contribution in [1.82, 2.24) is 20.4 Å². The Hall–Kier alpha value is -1.97. The van der Waals surface area contributed by atoms with Crippen LogP contribution in [0, 0.1) is 6.92 Å². The number of anilines is 1. The molecule has 3 rings (SSSR count). The first-order valence-corrected chi connectivity index (χ1v) is 10.5. The molecule has 1 aliphatic rings. The minimum absolute atomic E-state index is 0. The van der Waals surface area contributed by atoms with Gasteiger partial charge in [-0.25, -0.2) is 0 Å². The molecule has 0 saturated carbocycles. The third kappa shape index (κ3) is 6.78. The van der Waals surface area contributed by atoms with Gasteiger partial charge in [-0.15, -0.1) is 24.0 Å². The quantitative estimate of drug-likeness (QED) is 0.330. The van der Waals surface area contributed by atoms with E-state index in [-0.39, 0.29) is 24.0 Å². The van der Waals surface area contributed by atoms with Crippen LogP contribution in [0.1, 0.15) is 30.9 Å². The highest BCUT2D eigenvalue weighted by atomic mass is 127. The molecule has 1 atom stereocenters. The van der Waals surface area contributed by atoms with Crippen LogP contribution in [0.4, 0.5) is 5.69 Å². The van der Waals surface area contributed by atoms with Crippen molar-refractivity contribution >= 4 is 35.6 Å². The van der Waals surface area contributed by atoms with Crippen molar-refractivity contribution in [3.05, 3.63) is 41.7 Å². The van der Waals surface area contributed by atoms with Gasteiger partial charge in [-0.1, -0.05) is 12.1 Å². The van der Waals surface area contributed by atoms with Crippen molar-refractivity contribution in [2.75, 3.05) is 38.2 Å². The maximum Gasteiger partial charge on any atom is 0.191 e. The molecule has 1 unspecified atom stereocenters. The lowest BCUT2D eigenvalue weighted by atomic mass is 10.1. The predicted octanol–water partition coefficient (Wildman–Crippen LogP) is 3.12. The van der Waals surface area contributed by atoms with Crippen LogP contribution in [-0.2, 0) is 13.5 Å². The molecule has 2 heterocycles. The third-order valence-corrected chi connectivity index (χ3v) is 5.31. The lowest BCUT2D eigenvalue weighted by Crippen LogP contribution is -2.51. The summed E-state index contributed by atoms with van der Waals surface area (Å²) >= 11 is 0. The van der Waals surface area contributed by atoms with Crippen molar-refractivity contribution in [3.8, 4) is 5.75 Å². The van der Waals surface area contributed by atoms with E-state index in [9.17, 15) is 0 Å². The van der Waals surface area contributed by atoms with Crippen LogP contribution in [0.15, 0.2) is 35.6 Å². The van der Waals surface area contributed by atoms with Crippen LogP contribution < -0.4 is 20.3 Å². The summed E-state index contributed by atoms with van der Waals surface area (Å²) in [5, 5.41) is 11.3. The fourth-order valence-electron chi connectivity index (χ4n) is 3.73. The monoisotopic (exact) mass is 526 g/mol. The van der Waals surface area contributed by atoms with Crippen molar-refractivity contribution in [3.63, 3.8) is 0 Å². The first-order chi connectivity index (χ1) is 14.1. The molecule has 7 nitrogen and oxygen atoms in total. The molecule has 0 bridgehead atoms. The lowest BCUT2D eigenvalue weighted by Gasteiger charge is -2.34. The minimum atomic E-state index is 0. The third-order valence-electron chi connectivity index (χ3n) is 5.31. The van der Waals surface area contributed by atoms with Crippen LogP contribution in [0.3, 0.4) is 0 Å². The van der Waals surface area contributed by atoms with E-state index >= 15 is 0 Å². The summed E-state index contributed by atoms with van der Waals surface area (Å²) < 4.78 is 7.29. The SMILES string of the molecule is CCNC(=NCCc1ccc(C)c(OC)c1)NC1CCCN(c2cnn(C)c2)C1.I. The van der Waals surface area contributed by atoms with Gasteiger partial charge in [-0.05, 0) is 50.3 Å². The molecule has 0 aliphatic carbocycles. The van der Waals surface area contributed by atoms with Gasteiger partial charge < -0.3 is 20.3 Å². The average Bonchev–Trinajstić information content (AvgIpc) is 3.16. The molecule has 1 aliphatic heterocycles. The van der Waals surface area contributed by atoms with E-state index < -0.39 is 0 Å². The number of halogens is 1. The maximum atomic E-state index is 5.43. The second-order valence-corrected chi connectivity index (χ2v) is 7.62. The van der Waals surface area contributed by atoms with Crippen LogP contribution in [0.2, 0.25) is 0 Å². The Labute approximate surface area is 197 Å². The Bertz CT molecular complexity index is 822. The molecular formula is C22H35IN6O. The molecule has 30 heavy (non-hydrogen) atoms. The van der Waals surface area contributed by atoms with Crippen molar-refractivity contribution < 1.29 is 4.74 Å². The molecule has 0 radical (unpaired) electrons. The molecule has 1 fully saturated rings. The van der Waals surface area contributed by atoms with E-state index in [4.69, 9.17) is 9.73 Å². The number of benzene rings is 1. The molecule has 2 aromatic rings. The summed E-state index contributed by atoms with van der Waals surface area (Å²) in [5.41, 5.74) is 3.59. The molecule has 166 valence electrons. The number of nitrogens with one attached hydrogen (secondary N) is 2. The van der Waals surface area contributed by atoms with E-state index in [1.807, 2.05) is 17.9 Å². The molecule has 1 aromatic carbocycles. The lowest BCUT2D eigenvalue weighted by molar-refractivity contribution is 0.411. The van der Waals surface area contributed by atoms with Crippen molar-refractivity contribution in [2.45, 2.75) is 39.2 Å². The second-order valence-electron chi connectivity index (χ2n) is 7.62. The van der Waals surface area contributed by atoms with Gasteiger partial charge in [0, 0.05) is 45.5 Å².